The van der Waals surface area contributed by atoms with E-state index >= 15 is 0 Å². The van der Waals surface area contributed by atoms with Crippen LogP contribution in [-0.2, 0) is 0 Å². The molecule has 0 saturated carbocycles. The molecule has 4 aromatic rings. The SMILES string of the molecule is Clc1cc2c(cn1)oc1cc3ccccc3cc12. The van der Waals surface area contributed by atoms with Crippen molar-refractivity contribution in [3.05, 3.63) is 53.8 Å². The molecule has 86 valence electrons. The number of hydrogen-bond donors (Lipinski definition) is 0. The molecule has 0 aliphatic carbocycles. The van der Waals surface area contributed by atoms with E-state index in [0.29, 0.717) is 5.15 Å². The lowest BCUT2D eigenvalue weighted by atomic mass is 10.1. The van der Waals surface area contributed by atoms with Crippen LogP contribution in [0.4, 0.5) is 0 Å². The van der Waals surface area contributed by atoms with Crippen LogP contribution in [0.1, 0.15) is 0 Å². The molecule has 0 bridgehead atoms. The van der Waals surface area contributed by atoms with Gasteiger partial charge >= 0.3 is 0 Å². The number of hydrogen-bond acceptors (Lipinski definition) is 2. The first-order valence-corrected chi connectivity index (χ1v) is 6.06. The lowest BCUT2D eigenvalue weighted by Gasteiger charge is -1.96. The third-order valence-corrected chi connectivity index (χ3v) is 3.40. The van der Waals surface area contributed by atoms with Crippen LogP contribution >= 0.6 is 11.6 Å². The number of pyridine rings is 1. The largest absolute Gasteiger partial charge is 0.454 e. The maximum absolute atomic E-state index is 5.94. The molecule has 0 saturated heterocycles. The fourth-order valence-corrected chi connectivity index (χ4v) is 2.50. The van der Waals surface area contributed by atoms with Crippen LogP contribution in [0.2, 0.25) is 5.15 Å². The summed E-state index contributed by atoms with van der Waals surface area (Å²) in [6.45, 7) is 0. The predicted octanol–water partition coefficient (Wildman–Crippen LogP) is 4.79. The summed E-state index contributed by atoms with van der Waals surface area (Å²) in [5.41, 5.74) is 1.64. The quantitative estimate of drug-likeness (QED) is 0.421. The minimum atomic E-state index is 0.485. The molecule has 0 atom stereocenters. The number of rotatable bonds is 0. The normalized spacial score (nSPS) is 11.6. The zero-order chi connectivity index (χ0) is 12.1. The van der Waals surface area contributed by atoms with Crippen LogP contribution in [0.5, 0.6) is 0 Å². The Balaban J connectivity index is 2.25. The fourth-order valence-electron chi connectivity index (χ4n) is 2.34. The second kappa shape index (κ2) is 3.47. The van der Waals surface area contributed by atoms with Crippen LogP contribution in [0.25, 0.3) is 32.7 Å². The molecule has 0 aliphatic heterocycles. The van der Waals surface area contributed by atoms with Crippen LogP contribution in [0.15, 0.2) is 53.1 Å². The van der Waals surface area contributed by atoms with Gasteiger partial charge in [-0.15, -0.1) is 0 Å². The van der Waals surface area contributed by atoms with Crippen molar-refractivity contribution in [1.82, 2.24) is 4.98 Å². The van der Waals surface area contributed by atoms with E-state index < -0.39 is 0 Å². The van der Waals surface area contributed by atoms with Crippen LogP contribution < -0.4 is 0 Å². The molecule has 0 fully saturated rings. The van der Waals surface area contributed by atoms with E-state index in [1.165, 1.54) is 10.8 Å². The Hall–Kier alpha value is -2.06. The number of nitrogens with zero attached hydrogens (tertiary/aromatic N) is 1. The second-order valence-corrected chi connectivity index (χ2v) is 4.69. The molecule has 2 nitrogen and oxygen atoms in total. The highest BCUT2D eigenvalue weighted by atomic mass is 35.5. The van der Waals surface area contributed by atoms with E-state index in [9.17, 15) is 0 Å². The van der Waals surface area contributed by atoms with Crippen molar-refractivity contribution in [3.8, 4) is 0 Å². The van der Waals surface area contributed by atoms with E-state index in [1.54, 1.807) is 6.20 Å². The van der Waals surface area contributed by atoms with Gasteiger partial charge in [0.15, 0.2) is 5.58 Å². The van der Waals surface area contributed by atoms with Gasteiger partial charge in [0.05, 0.1) is 6.20 Å². The van der Waals surface area contributed by atoms with E-state index in [1.807, 2.05) is 18.2 Å². The van der Waals surface area contributed by atoms with Gasteiger partial charge in [-0.2, -0.15) is 0 Å². The van der Waals surface area contributed by atoms with Gasteiger partial charge in [-0.3, -0.25) is 0 Å². The van der Waals surface area contributed by atoms with Crippen molar-refractivity contribution >= 4 is 44.3 Å². The Morgan fingerprint density at radius 3 is 2.44 bits per heavy atom. The smallest absolute Gasteiger partial charge is 0.153 e. The molecular formula is C15H8ClNO. The molecule has 0 radical (unpaired) electrons. The monoisotopic (exact) mass is 253 g/mol. The Bertz CT molecular complexity index is 895. The van der Waals surface area contributed by atoms with Gasteiger partial charge in [0.25, 0.3) is 0 Å². The highest BCUT2D eigenvalue weighted by molar-refractivity contribution is 6.30. The molecule has 18 heavy (non-hydrogen) atoms. The molecule has 0 aliphatic rings. The minimum Gasteiger partial charge on any atom is -0.454 e. The summed E-state index contributed by atoms with van der Waals surface area (Å²) in [5, 5.41) is 4.94. The lowest BCUT2D eigenvalue weighted by molar-refractivity contribution is 0.667. The second-order valence-electron chi connectivity index (χ2n) is 4.30. The molecule has 0 amide bonds. The van der Waals surface area contributed by atoms with Crippen molar-refractivity contribution in [1.29, 1.82) is 0 Å². The summed E-state index contributed by atoms with van der Waals surface area (Å²) >= 11 is 5.94. The van der Waals surface area contributed by atoms with Gasteiger partial charge in [0.1, 0.15) is 10.7 Å². The van der Waals surface area contributed by atoms with Crippen molar-refractivity contribution < 1.29 is 4.42 Å². The Morgan fingerprint density at radius 2 is 1.61 bits per heavy atom. The maximum Gasteiger partial charge on any atom is 0.153 e. The van der Waals surface area contributed by atoms with E-state index in [-0.39, 0.29) is 0 Å². The van der Waals surface area contributed by atoms with Gasteiger partial charge < -0.3 is 4.42 Å². The molecule has 0 unspecified atom stereocenters. The van der Waals surface area contributed by atoms with Gasteiger partial charge in [0, 0.05) is 10.8 Å². The standard InChI is InChI=1S/C15H8ClNO/c16-15-7-12-11-5-9-3-1-2-4-10(9)6-13(11)18-14(12)8-17-15/h1-8H. The maximum atomic E-state index is 5.94. The van der Waals surface area contributed by atoms with Gasteiger partial charge in [0.2, 0.25) is 0 Å². The summed E-state index contributed by atoms with van der Waals surface area (Å²) in [6, 6.07) is 14.3. The highest BCUT2D eigenvalue weighted by Crippen LogP contribution is 2.32. The summed E-state index contributed by atoms with van der Waals surface area (Å²) in [4.78, 5) is 4.04. The first-order chi connectivity index (χ1) is 8.81. The molecular weight excluding hydrogens is 246 g/mol. The Kier molecular flexibility index (Phi) is 1.91. The minimum absolute atomic E-state index is 0.485. The first kappa shape index (κ1) is 9.92. The number of aromatic nitrogens is 1. The molecule has 3 heteroatoms. The average Bonchev–Trinajstić information content (AvgIpc) is 2.73. The number of benzene rings is 2. The summed E-state index contributed by atoms with van der Waals surface area (Å²) in [7, 11) is 0. The molecule has 2 heterocycles. The van der Waals surface area contributed by atoms with Crippen molar-refractivity contribution in [3.63, 3.8) is 0 Å². The topological polar surface area (TPSA) is 26.0 Å². The van der Waals surface area contributed by atoms with E-state index in [2.05, 4.69) is 29.2 Å². The third kappa shape index (κ3) is 1.33. The molecule has 4 rings (SSSR count). The Morgan fingerprint density at radius 1 is 0.889 bits per heavy atom. The van der Waals surface area contributed by atoms with Crippen LogP contribution in [0, 0.1) is 0 Å². The van der Waals surface area contributed by atoms with Gasteiger partial charge in [-0.1, -0.05) is 35.9 Å². The zero-order valence-electron chi connectivity index (χ0n) is 9.35. The predicted molar refractivity (Wildman–Crippen MR) is 74.0 cm³/mol. The van der Waals surface area contributed by atoms with Gasteiger partial charge in [-0.05, 0) is 29.0 Å². The zero-order valence-corrected chi connectivity index (χ0v) is 10.1. The average molecular weight is 254 g/mol. The number of furan rings is 1. The highest BCUT2D eigenvalue weighted by Gasteiger charge is 2.08. The summed E-state index contributed by atoms with van der Waals surface area (Å²) in [5.74, 6) is 0. The molecule has 0 spiro atoms. The van der Waals surface area contributed by atoms with Gasteiger partial charge in [-0.25, -0.2) is 4.98 Å². The Labute approximate surface area is 108 Å². The fraction of sp³-hybridized carbons (Fsp3) is 0. The molecule has 2 aromatic heterocycles. The van der Waals surface area contributed by atoms with Crippen LogP contribution in [0.3, 0.4) is 0 Å². The number of fused-ring (bicyclic) bond motifs is 4. The number of halogens is 1. The lowest BCUT2D eigenvalue weighted by Crippen LogP contribution is -1.74. The van der Waals surface area contributed by atoms with Crippen LogP contribution in [-0.4, -0.2) is 4.98 Å². The molecule has 2 aromatic carbocycles. The van der Waals surface area contributed by atoms with Crippen molar-refractivity contribution in [2.75, 3.05) is 0 Å². The third-order valence-electron chi connectivity index (χ3n) is 3.19. The van der Waals surface area contributed by atoms with Crippen molar-refractivity contribution in [2.45, 2.75) is 0 Å². The van der Waals surface area contributed by atoms with E-state index in [4.69, 9.17) is 16.0 Å². The summed E-state index contributed by atoms with van der Waals surface area (Å²) in [6.07, 6.45) is 1.67. The summed E-state index contributed by atoms with van der Waals surface area (Å²) < 4.78 is 5.79. The first-order valence-electron chi connectivity index (χ1n) is 5.68. The van der Waals surface area contributed by atoms with Crippen molar-refractivity contribution in [2.24, 2.45) is 0 Å². The van der Waals surface area contributed by atoms with E-state index in [0.717, 1.165) is 21.9 Å². The molecule has 0 N–H and O–H groups in total.